The highest BCUT2D eigenvalue weighted by Crippen LogP contribution is 2.23. The van der Waals surface area contributed by atoms with E-state index in [-0.39, 0.29) is 5.91 Å². The summed E-state index contributed by atoms with van der Waals surface area (Å²) in [5.41, 5.74) is 7.09. The molecule has 1 aromatic heterocycles. The number of hydrogen-bond donors (Lipinski definition) is 1. The summed E-state index contributed by atoms with van der Waals surface area (Å²) >= 11 is 5.90. The minimum Gasteiger partial charge on any atom is -0.351 e. The van der Waals surface area contributed by atoms with Crippen LogP contribution >= 0.6 is 11.6 Å². The first-order valence-electron chi connectivity index (χ1n) is 10.5. The predicted molar refractivity (Wildman–Crippen MR) is 125 cm³/mol. The first kappa shape index (κ1) is 21.3. The van der Waals surface area contributed by atoms with Crippen LogP contribution in [0.2, 0.25) is 5.02 Å². The standard InChI is InChI=1S/C25H27ClN4O/c1-18-3-8-24(13-19(18)2)30-16-22(15-28-30)21-9-11-29(12-10-21)17-25(31)27-14-20-4-6-23(26)7-5-20/h3-9,13,15-16H,10-12,14,17H2,1-2H3,(H,27,31). The van der Waals surface area contributed by atoms with Gasteiger partial charge in [0.05, 0.1) is 18.4 Å². The summed E-state index contributed by atoms with van der Waals surface area (Å²) in [6.07, 6.45) is 7.13. The molecule has 3 aromatic rings. The van der Waals surface area contributed by atoms with Gasteiger partial charge in [0.1, 0.15) is 0 Å². The zero-order valence-corrected chi connectivity index (χ0v) is 18.7. The number of aryl methyl sites for hydroxylation is 2. The molecule has 2 heterocycles. The van der Waals surface area contributed by atoms with E-state index in [1.807, 2.05) is 35.1 Å². The first-order chi connectivity index (χ1) is 15.0. The Balaban J connectivity index is 1.31. The number of aromatic nitrogens is 2. The molecule has 1 amide bonds. The third-order valence-corrected chi connectivity index (χ3v) is 6.02. The van der Waals surface area contributed by atoms with Crippen LogP contribution in [-0.2, 0) is 11.3 Å². The maximum absolute atomic E-state index is 12.3. The highest BCUT2D eigenvalue weighted by molar-refractivity contribution is 6.30. The maximum Gasteiger partial charge on any atom is 0.234 e. The van der Waals surface area contributed by atoms with Gasteiger partial charge in [0, 0.05) is 36.4 Å². The van der Waals surface area contributed by atoms with E-state index in [0.29, 0.717) is 18.1 Å². The molecule has 6 heteroatoms. The fourth-order valence-corrected chi connectivity index (χ4v) is 3.80. The number of halogens is 1. The minimum atomic E-state index is 0.0364. The summed E-state index contributed by atoms with van der Waals surface area (Å²) in [5, 5.41) is 8.23. The number of nitrogens with one attached hydrogen (secondary N) is 1. The van der Waals surface area contributed by atoms with Crippen LogP contribution in [0.3, 0.4) is 0 Å². The molecule has 0 bridgehead atoms. The van der Waals surface area contributed by atoms with Crippen LogP contribution in [0.5, 0.6) is 0 Å². The Bertz CT molecular complexity index is 1100. The van der Waals surface area contributed by atoms with Gasteiger partial charge in [0.2, 0.25) is 5.91 Å². The second-order valence-electron chi connectivity index (χ2n) is 8.06. The molecular formula is C25H27ClN4O. The summed E-state index contributed by atoms with van der Waals surface area (Å²) in [7, 11) is 0. The van der Waals surface area contributed by atoms with Crippen LogP contribution in [0.1, 0.15) is 28.7 Å². The molecule has 0 saturated heterocycles. The SMILES string of the molecule is Cc1ccc(-n2cc(C3=CCN(CC(=O)NCc4ccc(Cl)cc4)CC3)cn2)cc1C. The van der Waals surface area contributed by atoms with Crippen molar-refractivity contribution in [3.8, 4) is 5.69 Å². The quantitative estimate of drug-likeness (QED) is 0.619. The average molecular weight is 435 g/mol. The Morgan fingerprint density at radius 3 is 2.65 bits per heavy atom. The van der Waals surface area contributed by atoms with Crippen LogP contribution in [0, 0.1) is 13.8 Å². The average Bonchev–Trinajstić information content (AvgIpc) is 3.26. The Morgan fingerprint density at radius 1 is 1.13 bits per heavy atom. The lowest BCUT2D eigenvalue weighted by Crippen LogP contribution is -2.39. The first-order valence-corrected chi connectivity index (χ1v) is 10.9. The van der Waals surface area contributed by atoms with Crippen molar-refractivity contribution in [1.29, 1.82) is 0 Å². The second kappa shape index (κ2) is 9.50. The van der Waals surface area contributed by atoms with Crippen LogP contribution in [0.25, 0.3) is 11.3 Å². The van der Waals surface area contributed by atoms with E-state index in [4.69, 9.17) is 11.6 Å². The molecule has 1 N–H and O–H groups in total. The second-order valence-corrected chi connectivity index (χ2v) is 8.50. The lowest BCUT2D eigenvalue weighted by molar-refractivity contribution is -0.122. The molecule has 0 spiro atoms. The molecule has 0 saturated carbocycles. The lowest BCUT2D eigenvalue weighted by atomic mass is 10.0. The number of amides is 1. The van der Waals surface area contributed by atoms with Crippen molar-refractivity contribution in [2.75, 3.05) is 19.6 Å². The zero-order valence-electron chi connectivity index (χ0n) is 17.9. The van der Waals surface area contributed by atoms with E-state index in [1.165, 1.54) is 16.7 Å². The lowest BCUT2D eigenvalue weighted by Gasteiger charge is -2.25. The van der Waals surface area contributed by atoms with Crippen molar-refractivity contribution < 1.29 is 4.79 Å². The molecule has 0 aliphatic carbocycles. The summed E-state index contributed by atoms with van der Waals surface area (Å²) in [6.45, 7) is 6.77. The van der Waals surface area contributed by atoms with E-state index < -0.39 is 0 Å². The number of hydrogen-bond acceptors (Lipinski definition) is 3. The van der Waals surface area contributed by atoms with Gasteiger partial charge in [-0.2, -0.15) is 5.10 Å². The van der Waals surface area contributed by atoms with E-state index >= 15 is 0 Å². The number of rotatable bonds is 6. The third kappa shape index (κ3) is 5.43. The molecule has 1 aliphatic rings. The topological polar surface area (TPSA) is 50.2 Å². The maximum atomic E-state index is 12.3. The van der Waals surface area contributed by atoms with Crippen molar-refractivity contribution in [3.63, 3.8) is 0 Å². The Labute approximate surface area is 188 Å². The van der Waals surface area contributed by atoms with Gasteiger partial charge in [-0.3, -0.25) is 9.69 Å². The molecule has 160 valence electrons. The third-order valence-electron chi connectivity index (χ3n) is 5.77. The van der Waals surface area contributed by atoms with E-state index in [1.54, 1.807) is 0 Å². The molecule has 4 rings (SSSR count). The fraction of sp³-hybridized carbons (Fsp3) is 0.280. The number of nitrogens with zero attached hydrogens (tertiary/aromatic N) is 3. The van der Waals surface area contributed by atoms with Gasteiger partial charge in [-0.15, -0.1) is 0 Å². The van der Waals surface area contributed by atoms with Gasteiger partial charge in [0.25, 0.3) is 0 Å². The summed E-state index contributed by atoms with van der Waals surface area (Å²) in [4.78, 5) is 14.5. The minimum absolute atomic E-state index is 0.0364. The van der Waals surface area contributed by atoms with Crippen molar-refractivity contribution in [1.82, 2.24) is 20.0 Å². The van der Waals surface area contributed by atoms with Crippen LogP contribution in [0.4, 0.5) is 0 Å². The molecule has 0 unspecified atom stereocenters. The van der Waals surface area contributed by atoms with Gasteiger partial charge < -0.3 is 5.32 Å². The Kier molecular flexibility index (Phi) is 6.54. The molecule has 31 heavy (non-hydrogen) atoms. The number of carbonyl (C=O) groups excluding carboxylic acids is 1. The summed E-state index contributed by atoms with van der Waals surface area (Å²) < 4.78 is 1.93. The number of benzene rings is 2. The van der Waals surface area contributed by atoms with Crippen LogP contribution < -0.4 is 5.32 Å². The van der Waals surface area contributed by atoms with E-state index in [0.717, 1.165) is 36.3 Å². The van der Waals surface area contributed by atoms with Crippen LogP contribution in [0.15, 0.2) is 60.9 Å². The van der Waals surface area contributed by atoms with Crippen molar-refractivity contribution >= 4 is 23.1 Å². The Morgan fingerprint density at radius 2 is 1.94 bits per heavy atom. The van der Waals surface area contributed by atoms with Crippen LogP contribution in [-0.4, -0.2) is 40.2 Å². The fourth-order valence-electron chi connectivity index (χ4n) is 3.68. The molecular weight excluding hydrogens is 408 g/mol. The van der Waals surface area contributed by atoms with Gasteiger partial charge in [-0.1, -0.05) is 35.9 Å². The predicted octanol–water partition coefficient (Wildman–Crippen LogP) is 4.55. The smallest absolute Gasteiger partial charge is 0.234 e. The van der Waals surface area contributed by atoms with Crippen molar-refractivity contribution in [3.05, 3.63) is 88.2 Å². The molecule has 0 radical (unpaired) electrons. The van der Waals surface area contributed by atoms with Gasteiger partial charge in [-0.05, 0) is 66.8 Å². The zero-order chi connectivity index (χ0) is 21.8. The monoisotopic (exact) mass is 434 g/mol. The molecule has 2 aromatic carbocycles. The summed E-state index contributed by atoms with van der Waals surface area (Å²) in [5.74, 6) is 0.0364. The van der Waals surface area contributed by atoms with Gasteiger partial charge in [-0.25, -0.2) is 4.68 Å². The molecule has 0 atom stereocenters. The number of carbonyl (C=O) groups is 1. The Hall–Kier alpha value is -2.89. The van der Waals surface area contributed by atoms with E-state index in [2.05, 4.69) is 59.6 Å². The van der Waals surface area contributed by atoms with Crippen molar-refractivity contribution in [2.45, 2.75) is 26.8 Å². The van der Waals surface area contributed by atoms with Crippen molar-refractivity contribution in [2.24, 2.45) is 0 Å². The molecule has 1 aliphatic heterocycles. The van der Waals surface area contributed by atoms with Gasteiger partial charge >= 0.3 is 0 Å². The highest BCUT2D eigenvalue weighted by Gasteiger charge is 2.17. The summed E-state index contributed by atoms with van der Waals surface area (Å²) in [6, 6.07) is 13.9. The largest absolute Gasteiger partial charge is 0.351 e. The normalized spacial score (nSPS) is 14.4. The molecule has 0 fully saturated rings. The molecule has 5 nitrogen and oxygen atoms in total. The van der Waals surface area contributed by atoms with Gasteiger partial charge in [0.15, 0.2) is 0 Å². The highest BCUT2D eigenvalue weighted by atomic mass is 35.5. The van der Waals surface area contributed by atoms with E-state index in [9.17, 15) is 4.79 Å².